The molecule has 1 amide bonds. The zero-order chi connectivity index (χ0) is 18.7. The largest absolute Gasteiger partial charge is 0.378 e. The fraction of sp³-hybridized carbons (Fsp3) is 0.556. The second-order valence-electron chi connectivity index (χ2n) is 6.80. The zero-order valence-electron chi connectivity index (χ0n) is 15.1. The Morgan fingerprint density at radius 1 is 1.38 bits per heavy atom. The van der Waals surface area contributed by atoms with Gasteiger partial charge in [0.25, 0.3) is 11.9 Å². The van der Waals surface area contributed by atoms with E-state index >= 15 is 0 Å². The van der Waals surface area contributed by atoms with E-state index in [4.69, 9.17) is 4.74 Å². The standard InChI is InChI=1S/C18H24N4O4/c1-3-15-6-4-5-7-16(15)17(23)21-9-8-20(18(21)19-22(24)25)11-14-10-13(2)26-12-14/h4-7,13-14H,3,8-12H2,1-2H3. The van der Waals surface area contributed by atoms with Crippen molar-refractivity contribution in [2.75, 3.05) is 26.2 Å². The monoisotopic (exact) mass is 360 g/mol. The van der Waals surface area contributed by atoms with Crippen LogP contribution in [0.3, 0.4) is 0 Å². The van der Waals surface area contributed by atoms with E-state index in [2.05, 4.69) is 5.10 Å². The minimum absolute atomic E-state index is 0.130. The highest BCUT2D eigenvalue weighted by atomic mass is 16.7. The average molecular weight is 360 g/mol. The summed E-state index contributed by atoms with van der Waals surface area (Å²) in [5, 5.41) is 13.8. The van der Waals surface area contributed by atoms with Crippen molar-refractivity contribution in [3.05, 3.63) is 45.5 Å². The molecule has 1 aromatic rings. The summed E-state index contributed by atoms with van der Waals surface area (Å²) in [5.74, 6) is 0.187. The second kappa shape index (κ2) is 7.82. The third-order valence-corrected chi connectivity index (χ3v) is 4.92. The number of nitrogens with zero attached hydrogens (tertiary/aromatic N) is 4. The van der Waals surface area contributed by atoms with Crippen molar-refractivity contribution in [2.45, 2.75) is 32.8 Å². The first-order chi connectivity index (χ1) is 12.5. The molecule has 2 unspecified atom stereocenters. The van der Waals surface area contributed by atoms with Gasteiger partial charge in [0.1, 0.15) is 5.10 Å². The van der Waals surface area contributed by atoms with E-state index in [1.807, 2.05) is 36.9 Å². The molecule has 0 radical (unpaired) electrons. The van der Waals surface area contributed by atoms with Gasteiger partial charge in [0.2, 0.25) is 0 Å². The molecule has 2 aliphatic rings. The molecule has 2 saturated heterocycles. The molecule has 2 heterocycles. The van der Waals surface area contributed by atoms with Crippen LogP contribution in [0.5, 0.6) is 0 Å². The molecule has 2 atom stereocenters. The van der Waals surface area contributed by atoms with Crippen LogP contribution in [-0.4, -0.2) is 59.0 Å². The minimum Gasteiger partial charge on any atom is -0.378 e. The summed E-state index contributed by atoms with van der Waals surface area (Å²) >= 11 is 0. The van der Waals surface area contributed by atoms with E-state index in [1.165, 1.54) is 4.90 Å². The van der Waals surface area contributed by atoms with Gasteiger partial charge in [-0.15, -0.1) is 0 Å². The van der Waals surface area contributed by atoms with Crippen LogP contribution >= 0.6 is 0 Å². The molecule has 2 aliphatic heterocycles. The first-order valence-electron chi connectivity index (χ1n) is 8.99. The number of hydrogen-bond acceptors (Lipinski definition) is 4. The molecule has 0 saturated carbocycles. The highest BCUT2D eigenvalue weighted by Gasteiger charge is 2.37. The highest BCUT2D eigenvalue weighted by Crippen LogP contribution is 2.23. The lowest BCUT2D eigenvalue weighted by molar-refractivity contribution is -0.486. The molecular weight excluding hydrogens is 336 g/mol. The minimum atomic E-state index is -0.729. The summed E-state index contributed by atoms with van der Waals surface area (Å²) in [6.45, 7) is 6.18. The Labute approximate surface area is 152 Å². The predicted molar refractivity (Wildman–Crippen MR) is 96.4 cm³/mol. The first kappa shape index (κ1) is 18.3. The number of nitro groups is 1. The quantitative estimate of drug-likeness (QED) is 0.592. The summed E-state index contributed by atoms with van der Waals surface area (Å²) in [5.41, 5.74) is 1.50. The molecular formula is C18H24N4O4. The number of hydrazone groups is 1. The van der Waals surface area contributed by atoms with Crippen LogP contribution < -0.4 is 0 Å². The Morgan fingerprint density at radius 3 is 2.81 bits per heavy atom. The van der Waals surface area contributed by atoms with E-state index in [9.17, 15) is 14.9 Å². The third kappa shape index (κ3) is 3.85. The topological polar surface area (TPSA) is 88.3 Å². The summed E-state index contributed by atoms with van der Waals surface area (Å²) in [4.78, 5) is 27.3. The smallest absolute Gasteiger partial charge is 0.281 e. The lowest BCUT2D eigenvalue weighted by Gasteiger charge is -2.22. The normalized spacial score (nSPS) is 24.5. The predicted octanol–water partition coefficient (Wildman–Crippen LogP) is 1.98. The van der Waals surface area contributed by atoms with Crippen LogP contribution in [0.2, 0.25) is 0 Å². The van der Waals surface area contributed by atoms with Crippen LogP contribution in [-0.2, 0) is 11.2 Å². The van der Waals surface area contributed by atoms with Crippen LogP contribution in [0.1, 0.15) is 36.2 Å². The van der Waals surface area contributed by atoms with Crippen LogP contribution in [0.4, 0.5) is 0 Å². The fourth-order valence-corrected chi connectivity index (χ4v) is 3.67. The molecule has 8 nitrogen and oxygen atoms in total. The van der Waals surface area contributed by atoms with E-state index in [-0.39, 0.29) is 18.0 Å². The van der Waals surface area contributed by atoms with Crippen molar-refractivity contribution in [1.82, 2.24) is 9.80 Å². The van der Waals surface area contributed by atoms with Crippen molar-refractivity contribution >= 4 is 11.9 Å². The lowest BCUT2D eigenvalue weighted by Crippen LogP contribution is -2.40. The molecule has 26 heavy (non-hydrogen) atoms. The Hall–Kier alpha value is -2.48. The van der Waals surface area contributed by atoms with Gasteiger partial charge in [-0.1, -0.05) is 25.1 Å². The molecule has 2 fully saturated rings. The van der Waals surface area contributed by atoms with Crippen molar-refractivity contribution in [2.24, 2.45) is 11.0 Å². The molecule has 8 heteroatoms. The molecule has 0 aliphatic carbocycles. The van der Waals surface area contributed by atoms with Gasteiger partial charge in [0, 0.05) is 31.1 Å². The summed E-state index contributed by atoms with van der Waals surface area (Å²) in [6.07, 6.45) is 1.83. The fourth-order valence-electron chi connectivity index (χ4n) is 3.67. The molecule has 1 aromatic carbocycles. The van der Waals surface area contributed by atoms with Gasteiger partial charge in [0.15, 0.2) is 5.03 Å². The third-order valence-electron chi connectivity index (χ3n) is 4.92. The van der Waals surface area contributed by atoms with Gasteiger partial charge in [-0.05, 0) is 31.4 Å². The number of carbonyl (C=O) groups is 1. The van der Waals surface area contributed by atoms with Crippen LogP contribution in [0.25, 0.3) is 0 Å². The van der Waals surface area contributed by atoms with E-state index in [0.717, 1.165) is 18.4 Å². The highest BCUT2D eigenvalue weighted by molar-refractivity contribution is 6.07. The summed E-state index contributed by atoms with van der Waals surface area (Å²) < 4.78 is 5.58. The van der Waals surface area contributed by atoms with E-state index in [1.54, 1.807) is 6.07 Å². The van der Waals surface area contributed by atoms with Crippen molar-refractivity contribution in [1.29, 1.82) is 0 Å². The number of aryl methyl sites for hydroxylation is 1. The van der Waals surface area contributed by atoms with Gasteiger partial charge in [0.05, 0.1) is 12.7 Å². The van der Waals surface area contributed by atoms with Crippen molar-refractivity contribution < 1.29 is 14.6 Å². The second-order valence-corrected chi connectivity index (χ2v) is 6.80. The molecule has 140 valence electrons. The maximum absolute atomic E-state index is 13.0. The Morgan fingerprint density at radius 2 is 2.15 bits per heavy atom. The Balaban J connectivity index is 1.82. The number of amides is 1. The molecule has 0 N–H and O–H groups in total. The van der Waals surface area contributed by atoms with Crippen LogP contribution in [0.15, 0.2) is 29.4 Å². The molecule has 0 spiro atoms. The van der Waals surface area contributed by atoms with E-state index in [0.29, 0.717) is 37.7 Å². The average Bonchev–Trinajstić information content (AvgIpc) is 3.20. The summed E-state index contributed by atoms with van der Waals surface area (Å²) in [7, 11) is 0. The number of hydrogen-bond donors (Lipinski definition) is 0. The number of carbonyl (C=O) groups excluding carboxylic acids is 1. The SMILES string of the molecule is CCc1ccccc1C(=O)N1CCN(CC2COC(C)C2)C1=N[N+](=O)[O-]. The van der Waals surface area contributed by atoms with Gasteiger partial charge in [-0.2, -0.15) is 0 Å². The Kier molecular flexibility index (Phi) is 5.51. The van der Waals surface area contributed by atoms with Crippen molar-refractivity contribution in [3.63, 3.8) is 0 Å². The van der Waals surface area contributed by atoms with Gasteiger partial charge < -0.3 is 9.64 Å². The zero-order valence-corrected chi connectivity index (χ0v) is 15.1. The number of rotatable bonds is 5. The van der Waals surface area contributed by atoms with Crippen molar-refractivity contribution in [3.8, 4) is 0 Å². The maximum atomic E-state index is 13.0. The lowest BCUT2D eigenvalue weighted by atomic mass is 10.0. The van der Waals surface area contributed by atoms with Crippen LogP contribution in [0, 0.1) is 16.0 Å². The van der Waals surface area contributed by atoms with Gasteiger partial charge >= 0.3 is 0 Å². The Bertz CT molecular complexity index is 721. The number of benzene rings is 1. The van der Waals surface area contributed by atoms with E-state index < -0.39 is 5.03 Å². The van der Waals surface area contributed by atoms with Gasteiger partial charge in [-0.3, -0.25) is 9.69 Å². The molecule has 3 rings (SSSR count). The molecule has 0 bridgehead atoms. The summed E-state index contributed by atoms with van der Waals surface area (Å²) in [6, 6.07) is 7.36. The number of ether oxygens (including phenoxy) is 1. The first-order valence-corrected chi connectivity index (χ1v) is 8.99. The number of guanidine groups is 1. The maximum Gasteiger partial charge on any atom is 0.281 e. The molecule has 0 aromatic heterocycles. The van der Waals surface area contributed by atoms with Gasteiger partial charge in [-0.25, -0.2) is 10.1 Å².